The molecule has 2 aliphatic heterocycles. The fourth-order valence-electron chi connectivity index (χ4n) is 9.93. The molecule has 4 amide bonds. The van der Waals surface area contributed by atoms with Crippen LogP contribution in [0.5, 0.6) is 11.5 Å². The van der Waals surface area contributed by atoms with E-state index in [4.69, 9.17) is 27.9 Å². The Bertz CT molecular complexity index is 2880. The molecule has 0 bridgehead atoms. The van der Waals surface area contributed by atoms with Crippen LogP contribution in [0, 0.1) is 23.7 Å². The van der Waals surface area contributed by atoms with Crippen molar-refractivity contribution in [2.24, 2.45) is 33.9 Å². The number of imide groups is 2. The van der Waals surface area contributed by atoms with Crippen molar-refractivity contribution in [2.45, 2.75) is 30.4 Å². The Morgan fingerprint density at radius 1 is 0.894 bits per heavy atom. The highest BCUT2D eigenvalue weighted by atomic mass is 79.9. The third-order valence-electron chi connectivity index (χ3n) is 12.9. The van der Waals surface area contributed by atoms with Gasteiger partial charge in [0.05, 0.1) is 62.4 Å². The molecule has 19 heteroatoms. The normalized spacial score (nSPS) is 23.8. The number of nitrogens with zero attached hydrogens (tertiary/aromatic N) is 6. The number of hydrazine groups is 1. The molecule has 4 aromatic carbocycles. The molecule has 4 aliphatic rings. The molecular formula is C47H37BrCl2F3N7O6. The van der Waals surface area contributed by atoms with E-state index in [0.717, 1.165) is 10.6 Å². The van der Waals surface area contributed by atoms with Crippen LogP contribution in [0.1, 0.15) is 35.4 Å². The molecule has 13 nitrogen and oxygen atoms in total. The van der Waals surface area contributed by atoms with Gasteiger partial charge in [-0.3, -0.25) is 29.5 Å². The first-order valence-corrected chi connectivity index (χ1v) is 22.1. The third-order valence-corrected chi connectivity index (χ3v) is 14.1. The molecular weight excluding hydrogens is 966 g/mol. The molecule has 0 unspecified atom stereocenters. The number of methoxy groups -OCH3 is 1. The van der Waals surface area contributed by atoms with Crippen molar-refractivity contribution in [2.75, 3.05) is 36.4 Å². The van der Waals surface area contributed by atoms with Crippen molar-refractivity contribution in [1.29, 1.82) is 0 Å². The molecule has 66 heavy (non-hydrogen) atoms. The van der Waals surface area contributed by atoms with E-state index in [1.54, 1.807) is 60.7 Å². The van der Waals surface area contributed by atoms with E-state index in [1.807, 2.05) is 49.3 Å². The summed E-state index contributed by atoms with van der Waals surface area (Å²) >= 11 is 16.1. The van der Waals surface area contributed by atoms with E-state index >= 15 is 9.59 Å². The predicted octanol–water partition coefficient (Wildman–Crippen LogP) is 10.6. The molecule has 2 N–H and O–H groups in total. The summed E-state index contributed by atoms with van der Waals surface area (Å²) in [7, 11) is 5.22. The number of nitrogens with one attached hydrogen (secondary N) is 1. The van der Waals surface area contributed by atoms with Gasteiger partial charge < -0.3 is 14.7 Å². The van der Waals surface area contributed by atoms with Gasteiger partial charge in [-0.1, -0.05) is 47.0 Å². The second-order valence-corrected chi connectivity index (χ2v) is 18.3. The lowest BCUT2D eigenvalue weighted by Crippen LogP contribution is -2.53. The van der Waals surface area contributed by atoms with Crippen molar-refractivity contribution >= 4 is 91.3 Å². The number of halogens is 6. The third kappa shape index (κ3) is 7.37. The standard InChI is InChI=1S/C47H37BrCl2F3N7O6/c1-58(2)29-12-8-27(9-13-29)55-56-28-10-14-30(15-11-28)59-42(62)32-17-16-31-33(38(32)44(59)64)21-34-43(63)60(57-41-36(50)20-25(22-54-41)47(51,52)53)45(65)46(34,24-4-6-26(49)7-5-24)39(31)23-18-35(48)40(61)37(19-23)66-3/h4-16,18-20,22,32-34,38-39,61H,17,21H2,1-3H3,(H,54,57)/t32-,33+,34-,38-,39-,46+/m0/s1. The summed E-state index contributed by atoms with van der Waals surface area (Å²) in [5.41, 5.74) is 3.46. The van der Waals surface area contributed by atoms with E-state index in [2.05, 4.69) is 36.6 Å². The molecule has 1 saturated carbocycles. The molecule has 9 rings (SSSR count). The Labute approximate surface area is 394 Å². The number of alkyl halides is 3. The van der Waals surface area contributed by atoms with E-state index in [-0.39, 0.29) is 28.8 Å². The topological polar surface area (TPSA) is 157 Å². The number of aromatic nitrogens is 1. The first-order chi connectivity index (χ1) is 31.4. The Morgan fingerprint density at radius 2 is 1.55 bits per heavy atom. The van der Waals surface area contributed by atoms with Gasteiger partial charge in [-0.2, -0.15) is 28.4 Å². The van der Waals surface area contributed by atoms with Gasteiger partial charge in [0, 0.05) is 36.9 Å². The number of phenolic OH excluding ortho intramolecular Hbond substituents is 1. The van der Waals surface area contributed by atoms with Crippen LogP contribution in [0.4, 0.5) is 41.7 Å². The minimum absolute atomic E-state index is 0.0367. The maximum atomic E-state index is 15.5. The van der Waals surface area contributed by atoms with Gasteiger partial charge in [0.25, 0.3) is 11.8 Å². The van der Waals surface area contributed by atoms with Crippen molar-refractivity contribution in [3.05, 3.63) is 140 Å². The Hall–Kier alpha value is -6.30. The highest BCUT2D eigenvalue weighted by molar-refractivity contribution is 9.10. The molecule has 6 atom stereocenters. The number of amides is 4. The molecule has 2 aliphatic carbocycles. The van der Waals surface area contributed by atoms with Crippen molar-refractivity contribution in [3.8, 4) is 11.5 Å². The number of anilines is 3. The van der Waals surface area contributed by atoms with Crippen LogP contribution in [-0.2, 0) is 30.8 Å². The summed E-state index contributed by atoms with van der Waals surface area (Å²) in [6.45, 7) is 0. The molecule has 2 saturated heterocycles. The Morgan fingerprint density at radius 3 is 2.15 bits per heavy atom. The van der Waals surface area contributed by atoms with Gasteiger partial charge in [-0.15, -0.1) is 0 Å². The van der Waals surface area contributed by atoms with Crippen molar-refractivity contribution < 1.29 is 42.2 Å². The molecule has 5 aromatic rings. The number of phenols is 1. The molecule has 3 heterocycles. The molecule has 3 fully saturated rings. The van der Waals surface area contributed by atoms with Crippen LogP contribution in [0.15, 0.2) is 124 Å². The monoisotopic (exact) mass is 1000 g/mol. The zero-order valence-corrected chi connectivity index (χ0v) is 38.2. The summed E-state index contributed by atoms with van der Waals surface area (Å²) < 4.78 is 46.6. The van der Waals surface area contributed by atoms with Crippen LogP contribution in [0.25, 0.3) is 0 Å². The lowest BCUT2D eigenvalue weighted by atomic mass is 9.49. The zero-order chi connectivity index (χ0) is 47.0. The zero-order valence-electron chi connectivity index (χ0n) is 35.1. The van der Waals surface area contributed by atoms with E-state index in [0.29, 0.717) is 56.1 Å². The molecule has 338 valence electrons. The predicted molar refractivity (Wildman–Crippen MR) is 243 cm³/mol. The lowest BCUT2D eigenvalue weighted by Gasteiger charge is -2.50. The lowest BCUT2D eigenvalue weighted by molar-refractivity contribution is -0.139. The van der Waals surface area contributed by atoms with Crippen LogP contribution >= 0.6 is 39.1 Å². The minimum Gasteiger partial charge on any atom is -0.503 e. The van der Waals surface area contributed by atoms with Crippen molar-refractivity contribution in [3.63, 3.8) is 0 Å². The number of carbonyl (C=O) groups is 4. The fourth-order valence-corrected chi connectivity index (χ4v) is 10.7. The van der Waals surface area contributed by atoms with Gasteiger partial charge in [-0.05, 0) is 125 Å². The second kappa shape index (κ2) is 16.8. The van der Waals surface area contributed by atoms with Crippen molar-refractivity contribution in [1.82, 2.24) is 9.99 Å². The maximum absolute atomic E-state index is 15.5. The smallest absolute Gasteiger partial charge is 0.417 e. The number of allylic oxidation sites excluding steroid dienone is 2. The highest BCUT2D eigenvalue weighted by Gasteiger charge is 2.70. The van der Waals surface area contributed by atoms with E-state index in [9.17, 15) is 27.9 Å². The summed E-state index contributed by atoms with van der Waals surface area (Å²) in [5.74, 6) is -7.98. The summed E-state index contributed by atoms with van der Waals surface area (Å²) in [6, 6.07) is 24.2. The average Bonchev–Trinajstić information content (AvgIpc) is 3.67. The maximum Gasteiger partial charge on any atom is 0.417 e. The largest absolute Gasteiger partial charge is 0.503 e. The highest BCUT2D eigenvalue weighted by Crippen LogP contribution is 2.65. The first kappa shape index (κ1) is 44.9. The van der Waals surface area contributed by atoms with E-state index < -0.39 is 81.2 Å². The van der Waals surface area contributed by atoms with Crippen LogP contribution in [0.2, 0.25) is 10.0 Å². The van der Waals surface area contributed by atoms with E-state index in [1.165, 1.54) is 7.11 Å². The Balaban J connectivity index is 1.13. The number of hydrogen-bond acceptors (Lipinski definition) is 11. The second-order valence-electron chi connectivity index (χ2n) is 16.6. The minimum atomic E-state index is -4.78. The number of carbonyl (C=O) groups excluding carboxylic acids is 4. The average molecular weight is 1000 g/mol. The summed E-state index contributed by atoms with van der Waals surface area (Å²) in [6.07, 6.45) is -2.38. The SMILES string of the molecule is COc1cc([C@H]2C3=CC[C@@H]4C(=O)N(c5ccc(N=Nc6ccc(N(C)C)cc6)cc5)C(=O)[C@@H]4[C@@H]3C[C@H]3C(=O)N(Nc4ncc(C(F)(F)F)cc4Cl)C(=O)[C@@]23c2ccc(Cl)cc2)cc(Br)c1O. The Kier molecular flexibility index (Phi) is 11.5. The van der Waals surface area contributed by atoms with Crippen LogP contribution in [-0.4, -0.2) is 59.9 Å². The number of benzene rings is 4. The molecule has 0 spiro atoms. The quantitative estimate of drug-likeness (QED) is 0.0833. The number of aromatic hydroxyl groups is 1. The van der Waals surface area contributed by atoms with Crippen LogP contribution < -0.4 is 20.0 Å². The van der Waals surface area contributed by atoms with Gasteiger partial charge >= 0.3 is 6.18 Å². The first-order valence-electron chi connectivity index (χ1n) is 20.5. The number of rotatable bonds is 9. The fraction of sp³-hybridized carbons (Fsp3) is 0.255. The van der Waals surface area contributed by atoms with Gasteiger partial charge in [0.2, 0.25) is 11.8 Å². The number of pyridine rings is 1. The number of fused-ring (bicyclic) bond motifs is 4. The summed E-state index contributed by atoms with van der Waals surface area (Å²) in [5, 5.41) is 20.1. The van der Waals surface area contributed by atoms with Crippen LogP contribution in [0.3, 0.4) is 0 Å². The summed E-state index contributed by atoms with van der Waals surface area (Å²) in [4.78, 5) is 66.8. The van der Waals surface area contributed by atoms with Gasteiger partial charge in [0.1, 0.15) is 0 Å². The van der Waals surface area contributed by atoms with Gasteiger partial charge in [0.15, 0.2) is 17.3 Å². The van der Waals surface area contributed by atoms with Gasteiger partial charge in [-0.25, -0.2) is 4.98 Å². The molecule has 0 radical (unpaired) electrons. The number of hydrogen-bond donors (Lipinski definition) is 2. The molecule has 1 aromatic heterocycles. The number of azo groups is 1. The number of ether oxygens (including phenoxy) is 1.